The molecule has 0 aliphatic heterocycles. The van der Waals surface area contributed by atoms with Crippen molar-refractivity contribution in [1.82, 2.24) is 9.97 Å². The van der Waals surface area contributed by atoms with E-state index in [0.717, 1.165) is 15.8 Å². The summed E-state index contributed by atoms with van der Waals surface area (Å²) in [5.74, 6) is 2.05. The van der Waals surface area contributed by atoms with Crippen LogP contribution in [0, 0.1) is 6.92 Å². The SMILES string of the molecule is Cc1nc(N)cc(SCc2ccc(Cl)cc2)n1. The predicted molar refractivity (Wildman–Crippen MR) is 72.2 cm³/mol. The molecule has 0 aliphatic rings. The van der Waals surface area contributed by atoms with Crippen LogP contribution in [0.1, 0.15) is 11.4 Å². The van der Waals surface area contributed by atoms with Gasteiger partial charge < -0.3 is 5.73 Å². The minimum absolute atomic E-state index is 0.510. The number of thioether (sulfide) groups is 1. The summed E-state index contributed by atoms with van der Waals surface area (Å²) in [5, 5.41) is 1.64. The van der Waals surface area contributed by atoms with Crippen molar-refractivity contribution in [3.05, 3.63) is 46.7 Å². The van der Waals surface area contributed by atoms with Crippen molar-refractivity contribution < 1.29 is 0 Å². The summed E-state index contributed by atoms with van der Waals surface area (Å²) in [6.45, 7) is 1.84. The second-order valence-electron chi connectivity index (χ2n) is 3.59. The highest BCUT2D eigenvalue weighted by Gasteiger charge is 2.01. The molecule has 1 aromatic heterocycles. The number of rotatable bonds is 3. The first kappa shape index (κ1) is 12.2. The molecule has 1 aromatic carbocycles. The number of aryl methyl sites for hydroxylation is 1. The fourth-order valence-corrected chi connectivity index (χ4v) is 2.41. The molecule has 0 atom stereocenters. The summed E-state index contributed by atoms with van der Waals surface area (Å²) in [5.41, 5.74) is 6.87. The number of nitrogen functional groups attached to an aromatic ring is 1. The molecular weight excluding hydrogens is 254 g/mol. The van der Waals surface area contributed by atoms with Crippen LogP contribution in [0.3, 0.4) is 0 Å². The molecule has 2 aromatic rings. The van der Waals surface area contributed by atoms with Crippen LogP contribution < -0.4 is 5.73 Å². The van der Waals surface area contributed by atoms with E-state index < -0.39 is 0 Å². The summed E-state index contributed by atoms with van der Waals surface area (Å²) in [4.78, 5) is 8.35. The topological polar surface area (TPSA) is 51.8 Å². The number of nitrogens with zero attached hydrogens (tertiary/aromatic N) is 2. The zero-order valence-corrected chi connectivity index (χ0v) is 10.9. The van der Waals surface area contributed by atoms with Gasteiger partial charge in [0.25, 0.3) is 0 Å². The van der Waals surface area contributed by atoms with E-state index in [1.165, 1.54) is 5.56 Å². The lowest BCUT2D eigenvalue weighted by Crippen LogP contribution is -1.96. The summed E-state index contributed by atoms with van der Waals surface area (Å²) < 4.78 is 0. The zero-order valence-electron chi connectivity index (χ0n) is 9.35. The Kier molecular flexibility index (Phi) is 3.86. The van der Waals surface area contributed by atoms with Gasteiger partial charge in [0.15, 0.2) is 0 Å². The fraction of sp³-hybridized carbons (Fsp3) is 0.167. The molecule has 0 spiro atoms. The van der Waals surface area contributed by atoms with Gasteiger partial charge in [0, 0.05) is 16.8 Å². The van der Waals surface area contributed by atoms with Crippen molar-refractivity contribution in [3.8, 4) is 0 Å². The first-order valence-electron chi connectivity index (χ1n) is 5.12. The van der Waals surface area contributed by atoms with Crippen molar-refractivity contribution >= 4 is 29.2 Å². The van der Waals surface area contributed by atoms with E-state index in [-0.39, 0.29) is 0 Å². The zero-order chi connectivity index (χ0) is 12.3. The summed E-state index contributed by atoms with van der Waals surface area (Å²) in [7, 11) is 0. The van der Waals surface area contributed by atoms with Gasteiger partial charge in [-0.25, -0.2) is 9.97 Å². The van der Waals surface area contributed by atoms with Crippen molar-refractivity contribution in [1.29, 1.82) is 0 Å². The molecule has 3 nitrogen and oxygen atoms in total. The second kappa shape index (κ2) is 5.38. The van der Waals surface area contributed by atoms with Gasteiger partial charge in [0.2, 0.25) is 0 Å². The molecular formula is C12H12ClN3S. The highest BCUT2D eigenvalue weighted by atomic mass is 35.5. The highest BCUT2D eigenvalue weighted by molar-refractivity contribution is 7.98. The third-order valence-corrected chi connectivity index (χ3v) is 3.37. The van der Waals surface area contributed by atoms with E-state index in [4.69, 9.17) is 17.3 Å². The third-order valence-electron chi connectivity index (χ3n) is 2.13. The number of hydrogen-bond acceptors (Lipinski definition) is 4. The van der Waals surface area contributed by atoms with Crippen molar-refractivity contribution in [2.75, 3.05) is 5.73 Å². The summed E-state index contributed by atoms with van der Waals surface area (Å²) in [6.07, 6.45) is 0. The Balaban J connectivity index is 2.04. The van der Waals surface area contributed by atoms with Crippen LogP contribution in [0.5, 0.6) is 0 Å². The maximum absolute atomic E-state index is 5.83. The first-order chi connectivity index (χ1) is 8.13. The van der Waals surface area contributed by atoms with Crippen LogP contribution >= 0.6 is 23.4 Å². The molecule has 0 amide bonds. The van der Waals surface area contributed by atoms with Gasteiger partial charge in [-0.2, -0.15) is 0 Å². The molecule has 5 heteroatoms. The average molecular weight is 266 g/mol. The predicted octanol–water partition coefficient (Wildman–Crippen LogP) is 3.31. The third kappa shape index (κ3) is 3.61. The Hall–Kier alpha value is -1.26. The Labute approximate surface area is 109 Å². The van der Waals surface area contributed by atoms with Gasteiger partial charge >= 0.3 is 0 Å². The lowest BCUT2D eigenvalue weighted by molar-refractivity contribution is 0.975. The monoisotopic (exact) mass is 265 g/mol. The molecule has 1 heterocycles. The molecule has 17 heavy (non-hydrogen) atoms. The van der Waals surface area contributed by atoms with E-state index >= 15 is 0 Å². The largest absolute Gasteiger partial charge is 0.384 e. The smallest absolute Gasteiger partial charge is 0.128 e. The number of nitrogens with two attached hydrogens (primary N) is 1. The van der Waals surface area contributed by atoms with Crippen LogP contribution in [-0.4, -0.2) is 9.97 Å². The molecule has 0 saturated carbocycles. The number of anilines is 1. The molecule has 88 valence electrons. The lowest BCUT2D eigenvalue weighted by atomic mass is 10.2. The number of benzene rings is 1. The van der Waals surface area contributed by atoms with Crippen LogP contribution in [0.25, 0.3) is 0 Å². The molecule has 0 saturated heterocycles. The van der Waals surface area contributed by atoms with Crippen LogP contribution in [-0.2, 0) is 5.75 Å². The van der Waals surface area contributed by atoms with E-state index in [2.05, 4.69) is 9.97 Å². The standard InChI is InChI=1S/C12H12ClN3S/c1-8-15-11(14)6-12(16-8)17-7-9-2-4-10(13)5-3-9/h2-6H,7H2,1H3,(H2,14,15,16). The van der Waals surface area contributed by atoms with Crippen LogP contribution in [0.15, 0.2) is 35.4 Å². The van der Waals surface area contributed by atoms with Gasteiger partial charge in [0.1, 0.15) is 16.7 Å². The van der Waals surface area contributed by atoms with E-state index in [9.17, 15) is 0 Å². The molecule has 0 unspecified atom stereocenters. The van der Waals surface area contributed by atoms with Gasteiger partial charge in [0.05, 0.1) is 0 Å². The normalized spacial score (nSPS) is 10.5. The quantitative estimate of drug-likeness (QED) is 0.683. The molecule has 2 N–H and O–H groups in total. The minimum Gasteiger partial charge on any atom is -0.384 e. The summed E-state index contributed by atoms with van der Waals surface area (Å²) >= 11 is 7.46. The van der Waals surface area contributed by atoms with Crippen molar-refractivity contribution in [2.24, 2.45) is 0 Å². The summed E-state index contributed by atoms with van der Waals surface area (Å²) in [6, 6.07) is 9.57. The maximum Gasteiger partial charge on any atom is 0.128 e. The molecule has 0 fully saturated rings. The molecule has 0 aliphatic carbocycles. The maximum atomic E-state index is 5.83. The van der Waals surface area contributed by atoms with E-state index in [1.807, 2.05) is 31.2 Å². The number of hydrogen-bond donors (Lipinski definition) is 1. The van der Waals surface area contributed by atoms with Crippen LogP contribution in [0.4, 0.5) is 5.82 Å². The molecule has 0 bridgehead atoms. The molecule has 2 rings (SSSR count). The Morgan fingerprint density at radius 2 is 1.94 bits per heavy atom. The second-order valence-corrected chi connectivity index (χ2v) is 5.03. The Bertz CT molecular complexity index is 493. The van der Waals surface area contributed by atoms with Gasteiger partial charge in [-0.05, 0) is 24.6 Å². The first-order valence-corrected chi connectivity index (χ1v) is 6.48. The highest BCUT2D eigenvalue weighted by Crippen LogP contribution is 2.22. The Morgan fingerprint density at radius 1 is 1.24 bits per heavy atom. The van der Waals surface area contributed by atoms with Gasteiger partial charge in [-0.3, -0.25) is 0 Å². The molecule has 0 radical (unpaired) electrons. The van der Waals surface area contributed by atoms with Crippen LogP contribution in [0.2, 0.25) is 5.02 Å². The minimum atomic E-state index is 0.510. The van der Waals surface area contributed by atoms with E-state index in [1.54, 1.807) is 17.8 Å². The lowest BCUT2D eigenvalue weighted by Gasteiger charge is -2.03. The van der Waals surface area contributed by atoms with Crippen molar-refractivity contribution in [3.63, 3.8) is 0 Å². The Morgan fingerprint density at radius 3 is 2.59 bits per heavy atom. The fourth-order valence-electron chi connectivity index (χ4n) is 1.37. The van der Waals surface area contributed by atoms with Gasteiger partial charge in [-0.15, -0.1) is 11.8 Å². The number of aromatic nitrogens is 2. The average Bonchev–Trinajstić information content (AvgIpc) is 2.27. The van der Waals surface area contributed by atoms with Gasteiger partial charge in [-0.1, -0.05) is 23.7 Å². The number of halogens is 1. The van der Waals surface area contributed by atoms with Crippen molar-refractivity contribution in [2.45, 2.75) is 17.7 Å². The van der Waals surface area contributed by atoms with E-state index in [0.29, 0.717) is 11.6 Å².